The number of carbonyl (C=O) groups excluding carboxylic acids is 2. The van der Waals surface area contributed by atoms with Crippen LogP contribution in [0, 0.1) is 6.92 Å². The maximum atomic E-state index is 13.3. The molecule has 0 radical (unpaired) electrons. The summed E-state index contributed by atoms with van der Waals surface area (Å²) in [6, 6.07) is 4.12. The maximum Gasteiger partial charge on any atom is 0.317 e. The number of pyridine rings is 1. The summed E-state index contributed by atoms with van der Waals surface area (Å²) >= 11 is 0. The van der Waals surface area contributed by atoms with Crippen molar-refractivity contribution in [2.75, 3.05) is 26.2 Å². The molecule has 2 fully saturated rings. The molecule has 2 saturated heterocycles. The van der Waals surface area contributed by atoms with Crippen LogP contribution in [0.1, 0.15) is 66.7 Å². The molecule has 3 rings (SSSR count). The van der Waals surface area contributed by atoms with Gasteiger partial charge in [-0.1, -0.05) is 6.08 Å². The zero-order chi connectivity index (χ0) is 20.1. The average molecular weight is 385 g/mol. The zero-order valence-electron chi connectivity index (χ0n) is 17.1. The van der Waals surface area contributed by atoms with Crippen molar-refractivity contribution in [2.45, 2.75) is 57.9 Å². The van der Waals surface area contributed by atoms with Crippen LogP contribution in [0.4, 0.5) is 4.79 Å². The number of likely N-dealkylation sites (tertiary alicyclic amines) is 2. The lowest BCUT2D eigenvalue weighted by atomic mass is 9.89. The number of hydrogen-bond donors (Lipinski definition) is 1. The number of hydrogen-bond acceptors (Lipinski definition) is 3. The first kappa shape index (κ1) is 20.4. The average Bonchev–Trinajstić information content (AvgIpc) is 2.72. The first-order valence-electron chi connectivity index (χ1n) is 10.4. The maximum absolute atomic E-state index is 13.3. The summed E-state index contributed by atoms with van der Waals surface area (Å²) in [7, 11) is 0. The van der Waals surface area contributed by atoms with Gasteiger partial charge in [0.15, 0.2) is 0 Å². The fourth-order valence-electron chi connectivity index (χ4n) is 4.25. The zero-order valence-corrected chi connectivity index (χ0v) is 17.1. The Balaban J connectivity index is 1.74. The van der Waals surface area contributed by atoms with Gasteiger partial charge in [-0.15, -0.1) is 6.58 Å². The third kappa shape index (κ3) is 4.54. The molecule has 1 unspecified atom stereocenters. The molecule has 28 heavy (non-hydrogen) atoms. The monoisotopic (exact) mass is 384 g/mol. The van der Waals surface area contributed by atoms with Gasteiger partial charge in [-0.2, -0.15) is 0 Å². The molecule has 3 heterocycles. The third-order valence-corrected chi connectivity index (χ3v) is 5.92. The summed E-state index contributed by atoms with van der Waals surface area (Å²) in [5.41, 5.74) is 2.59. The largest absolute Gasteiger partial charge is 0.336 e. The Kier molecular flexibility index (Phi) is 6.70. The van der Waals surface area contributed by atoms with Gasteiger partial charge in [-0.25, -0.2) is 4.79 Å². The molecule has 0 saturated carbocycles. The first-order valence-corrected chi connectivity index (χ1v) is 10.4. The second kappa shape index (κ2) is 9.22. The molecule has 6 heteroatoms. The molecule has 0 bridgehead atoms. The van der Waals surface area contributed by atoms with E-state index < -0.39 is 0 Å². The van der Waals surface area contributed by atoms with E-state index in [9.17, 15) is 9.59 Å². The van der Waals surface area contributed by atoms with E-state index in [1.165, 1.54) is 6.42 Å². The van der Waals surface area contributed by atoms with Crippen molar-refractivity contribution < 1.29 is 9.59 Å². The molecule has 0 aliphatic carbocycles. The number of amides is 3. The highest BCUT2D eigenvalue weighted by Crippen LogP contribution is 2.31. The normalized spacial score (nSPS) is 20.7. The second-order valence-electron chi connectivity index (χ2n) is 7.96. The Hall–Kier alpha value is -2.37. The number of nitrogens with one attached hydrogen (secondary N) is 1. The van der Waals surface area contributed by atoms with Gasteiger partial charge < -0.3 is 15.1 Å². The van der Waals surface area contributed by atoms with Crippen LogP contribution in [0.25, 0.3) is 0 Å². The number of aromatic nitrogens is 1. The molecular weight excluding hydrogens is 352 g/mol. The van der Waals surface area contributed by atoms with Crippen molar-refractivity contribution in [1.29, 1.82) is 0 Å². The van der Waals surface area contributed by atoms with Crippen LogP contribution >= 0.6 is 0 Å². The van der Waals surface area contributed by atoms with Crippen LogP contribution in [0.2, 0.25) is 0 Å². The van der Waals surface area contributed by atoms with Gasteiger partial charge >= 0.3 is 6.03 Å². The Morgan fingerprint density at radius 3 is 2.64 bits per heavy atom. The van der Waals surface area contributed by atoms with E-state index in [4.69, 9.17) is 4.98 Å². The summed E-state index contributed by atoms with van der Waals surface area (Å²) in [6.45, 7) is 10.4. The van der Waals surface area contributed by atoms with Gasteiger partial charge in [0.2, 0.25) is 0 Å². The highest BCUT2D eigenvalue weighted by atomic mass is 16.2. The second-order valence-corrected chi connectivity index (χ2v) is 7.96. The van der Waals surface area contributed by atoms with Crippen molar-refractivity contribution in [1.82, 2.24) is 20.1 Å². The lowest BCUT2D eigenvalue weighted by Gasteiger charge is -2.35. The summed E-state index contributed by atoms with van der Waals surface area (Å²) in [6.07, 6.45) is 6.67. The summed E-state index contributed by atoms with van der Waals surface area (Å²) < 4.78 is 0. The van der Waals surface area contributed by atoms with E-state index in [1.807, 2.05) is 28.9 Å². The minimum Gasteiger partial charge on any atom is -0.336 e. The highest BCUT2D eigenvalue weighted by molar-refractivity contribution is 5.95. The number of urea groups is 1. The van der Waals surface area contributed by atoms with Gasteiger partial charge in [0.25, 0.3) is 5.91 Å². The first-order chi connectivity index (χ1) is 13.5. The predicted molar refractivity (Wildman–Crippen MR) is 110 cm³/mol. The molecule has 1 aromatic rings. The fourth-order valence-corrected chi connectivity index (χ4v) is 4.25. The van der Waals surface area contributed by atoms with Crippen LogP contribution in [-0.4, -0.2) is 58.9 Å². The van der Waals surface area contributed by atoms with Crippen molar-refractivity contribution in [2.24, 2.45) is 0 Å². The van der Waals surface area contributed by atoms with E-state index in [1.54, 1.807) is 6.08 Å². The number of piperidine rings is 2. The van der Waals surface area contributed by atoms with Gasteiger partial charge in [-0.05, 0) is 58.1 Å². The standard InChI is InChI=1S/C22H32N4O2/c1-4-12-23-22(28)25-14-10-18(11-15-25)20-19(9-8-16(2)24-20)21(27)26-13-6-5-7-17(26)3/h4,8-9,17-18H,1,5-7,10-15H2,2-3H3,(H,23,28). The minimum absolute atomic E-state index is 0.0472. The summed E-state index contributed by atoms with van der Waals surface area (Å²) in [4.78, 5) is 34.1. The van der Waals surface area contributed by atoms with Gasteiger partial charge in [0.1, 0.15) is 0 Å². The molecule has 0 spiro atoms. The van der Waals surface area contributed by atoms with Crippen molar-refractivity contribution in [3.63, 3.8) is 0 Å². The lowest BCUT2D eigenvalue weighted by Crippen LogP contribution is -2.45. The van der Waals surface area contributed by atoms with Crippen LogP contribution < -0.4 is 5.32 Å². The minimum atomic E-state index is -0.0472. The Morgan fingerprint density at radius 1 is 1.21 bits per heavy atom. The molecule has 0 aromatic carbocycles. The number of nitrogens with zero attached hydrogens (tertiary/aromatic N) is 3. The Bertz CT molecular complexity index is 725. The van der Waals surface area contributed by atoms with E-state index in [2.05, 4.69) is 18.8 Å². The summed E-state index contributed by atoms with van der Waals surface area (Å²) in [5, 5.41) is 2.84. The predicted octanol–water partition coefficient (Wildman–Crippen LogP) is 3.48. The van der Waals surface area contributed by atoms with Crippen LogP contribution in [0.15, 0.2) is 24.8 Å². The quantitative estimate of drug-likeness (QED) is 0.808. The number of rotatable bonds is 4. The molecule has 2 aliphatic heterocycles. The van der Waals surface area contributed by atoms with Gasteiger partial charge in [0.05, 0.1) is 11.3 Å². The van der Waals surface area contributed by atoms with Crippen molar-refractivity contribution in [3.05, 3.63) is 41.7 Å². The number of aryl methyl sites for hydroxylation is 1. The molecular formula is C22H32N4O2. The smallest absolute Gasteiger partial charge is 0.317 e. The fraction of sp³-hybridized carbons (Fsp3) is 0.591. The van der Waals surface area contributed by atoms with Gasteiger partial charge in [-0.3, -0.25) is 9.78 Å². The highest BCUT2D eigenvalue weighted by Gasteiger charge is 2.31. The molecule has 1 atom stereocenters. The lowest BCUT2D eigenvalue weighted by molar-refractivity contribution is 0.0632. The Morgan fingerprint density at radius 2 is 1.96 bits per heavy atom. The molecule has 2 aliphatic rings. The topological polar surface area (TPSA) is 65.5 Å². The van der Waals surface area contributed by atoms with E-state index >= 15 is 0 Å². The molecule has 3 amide bonds. The number of carbonyl (C=O) groups is 2. The Labute approximate surface area is 168 Å². The van der Waals surface area contributed by atoms with E-state index in [0.29, 0.717) is 19.6 Å². The van der Waals surface area contributed by atoms with Crippen LogP contribution in [0.5, 0.6) is 0 Å². The van der Waals surface area contributed by atoms with E-state index in [0.717, 1.165) is 49.2 Å². The van der Waals surface area contributed by atoms with Crippen molar-refractivity contribution >= 4 is 11.9 Å². The summed E-state index contributed by atoms with van der Waals surface area (Å²) in [5.74, 6) is 0.322. The van der Waals surface area contributed by atoms with Gasteiger partial charge in [0, 0.05) is 43.8 Å². The molecule has 152 valence electrons. The third-order valence-electron chi connectivity index (χ3n) is 5.92. The van der Waals surface area contributed by atoms with Crippen molar-refractivity contribution in [3.8, 4) is 0 Å². The van der Waals surface area contributed by atoms with Crippen LogP contribution in [-0.2, 0) is 0 Å². The van der Waals surface area contributed by atoms with Crippen LogP contribution in [0.3, 0.4) is 0 Å². The molecule has 6 nitrogen and oxygen atoms in total. The molecule has 1 aromatic heterocycles. The molecule has 1 N–H and O–H groups in total. The SMILES string of the molecule is C=CCNC(=O)N1CCC(c2nc(C)ccc2C(=O)N2CCCCC2C)CC1. The van der Waals surface area contributed by atoms with E-state index in [-0.39, 0.29) is 23.9 Å².